The molecule has 2 aromatic heterocycles. The average Bonchev–Trinajstić information content (AvgIpc) is 3.25. The monoisotopic (exact) mass is 506 g/mol. The Balaban J connectivity index is 1.35. The number of carbonyl (C=O) groups excluding carboxylic acids is 2. The van der Waals surface area contributed by atoms with Crippen LogP contribution in [0.25, 0.3) is 0 Å². The molecule has 0 aliphatic carbocycles. The molecule has 4 rings (SSSR count). The molecule has 4 heterocycles. The number of nitrogens with zero attached hydrogens (tertiary/aromatic N) is 6. The third-order valence-corrected chi connectivity index (χ3v) is 7.08. The zero-order valence-electron chi connectivity index (χ0n) is 20.1. The molecule has 2 fully saturated rings. The van der Waals surface area contributed by atoms with E-state index in [0.29, 0.717) is 23.4 Å². The van der Waals surface area contributed by atoms with Gasteiger partial charge in [-0.05, 0) is 39.3 Å². The van der Waals surface area contributed by atoms with E-state index in [4.69, 9.17) is 4.74 Å². The summed E-state index contributed by atoms with van der Waals surface area (Å²) in [5.41, 5.74) is 0. The van der Waals surface area contributed by atoms with Gasteiger partial charge in [0.15, 0.2) is 5.13 Å². The Labute approximate surface area is 207 Å². The molecule has 0 unspecified atom stereocenters. The molecule has 0 aromatic carbocycles. The van der Waals surface area contributed by atoms with Gasteiger partial charge in [0.25, 0.3) is 0 Å². The van der Waals surface area contributed by atoms with E-state index in [0.717, 1.165) is 30.8 Å². The van der Waals surface area contributed by atoms with Crippen LogP contribution in [0.3, 0.4) is 0 Å². The van der Waals surface area contributed by atoms with E-state index >= 15 is 0 Å². The summed E-state index contributed by atoms with van der Waals surface area (Å²) in [6.07, 6.45) is 3.14. The zero-order valence-corrected chi connectivity index (χ0v) is 20.9. The van der Waals surface area contributed by atoms with Gasteiger partial charge in [0, 0.05) is 50.5 Å². The fraction of sp³-hybridized carbons (Fsp3) is 0.591. The van der Waals surface area contributed by atoms with Crippen molar-refractivity contribution in [1.29, 1.82) is 0 Å². The van der Waals surface area contributed by atoms with Gasteiger partial charge in [-0.2, -0.15) is 4.98 Å². The Bertz CT molecular complexity index is 1030. The molecule has 11 nitrogen and oxygen atoms in total. The number of carbonyl (C=O) groups is 2. The maximum absolute atomic E-state index is 14.8. The number of likely N-dealkylation sites (N-methyl/N-ethyl adjacent to an activating group) is 1. The summed E-state index contributed by atoms with van der Waals surface area (Å²) in [6, 6.07) is 0.454. The van der Waals surface area contributed by atoms with E-state index in [-0.39, 0.29) is 19.1 Å². The highest BCUT2D eigenvalue weighted by Gasteiger charge is 2.35. The van der Waals surface area contributed by atoms with Crippen LogP contribution < -0.4 is 15.5 Å². The van der Waals surface area contributed by atoms with Crippen LogP contribution in [-0.2, 0) is 4.74 Å². The van der Waals surface area contributed by atoms with Crippen LogP contribution in [0.1, 0.15) is 24.1 Å². The van der Waals surface area contributed by atoms with Crippen LogP contribution in [0, 0.1) is 6.92 Å². The predicted octanol–water partition coefficient (Wildman–Crippen LogP) is 2.96. The van der Waals surface area contributed by atoms with E-state index in [9.17, 15) is 14.0 Å². The van der Waals surface area contributed by atoms with Crippen molar-refractivity contribution in [2.45, 2.75) is 44.5 Å². The SMILES string of the molecule is Cc1cnc(NC(=O)N(C)[C@H]2CN(c3nccc(NC(=O)OC4CCN(C)CC4)n3)CC[C@H]2F)s1. The quantitative estimate of drug-likeness (QED) is 0.636. The van der Waals surface area contributed by atoms with Crippen LogP contribution in [0.15, 0.2) is 18.5 Å². The molecule has 2 aromatic rings. The number of urea groups is 1. The number of halogens is 1. The first-order chi connectivity index (χ1) is 16.8. The number of amides is 3. The second-order valence-corrected chi connectivity index (χ2v) is 10.1. The molecule has 2 aliphatic rings. The third-order valence-electron chi connectivity index (χ3n) is 6.25. The topological polar surface area (TPSA) is 116 Å². The molecule has 0 bridgehead atoms. The molecule has 13 heteroatoms. The van der Waals surface area contributed by atoms with Gasteiger partial charge < -0.3 is 19.4 Å². The minimum absolute atomic E-state index is 0.119. The van der Waals surface area contributed by atoms with Gasteiger partial charge in [-0.1, -0.05) is 0 Å². The number of likely N-dealkylation sites (tertiary alicyclic amines) is 1. The number of aryl methyl sites for hydroxylation is 1. The van der Waals surface area contributed by atoms with Crippen LogP contribution in [-0.4, -0.2) is 95.5 Å². The number of nitrogens with one attached hydrogen (secondary N) is 2. The number of hydrogen-bond donors (Lipinski definition) is 2. The normalized spacial score (nSPS) is 21.4. The maximum Gasteiger partial charge on any atom is 0.413 e. The number of piperidine rings is 2. The number of ether oxygens (including phenoxy) is 1. The largest absolute Gasteiger partial charge is 0.446 e. The van der Waals surface area contributed by atoms with Crippen molar-refractivity contribution in [2.75, 3.05) is 55.8 Å². The smallest absolute Gasteiger partial charge is 0.413 e. The number of alkyl halides is 1. The first-order valence-electron chi connectivity index (χ1n) is 11.6. The second-order valence-electron chi connectivity index (χ2n) is 8.91. The predicted molar refractivity (Wildman–Crippen MR) is 132 cm³/mol. The summed E-state index contributed by atoms with van der Waals surface area (Å²) >= 11 is 1.35. The minimum atomic E-state index is -1.19. The van der Waals surface area contributed by atoms with Crippen LogP contribution in [0.2, 0.25) is 0 Å². The lowest BCUT2D eigenvalue weighted by molar-refractivity contribution is 0.0661. The fourth-order valence-corrected chi connectivity index (χ4v) is 4.81. The molecule has 35 heavy (non-hydrogen) atoms. The molecule has 190 valence electrons. The van der Waals surface area contributed by atoms with Crippen molar-refractivity contribution in [1.82, 2.24) is 24.8 Å². The first-order valence-corrected chi connectivity index (χ1v) is 12.4. The van der Waals surface area contributed by atoms with Gasteiger partial charge in [-0.3, -0.25) is 10.6 Å². The van der Waals surface area contributed by atoms with Gasteiger partial charge in [-0.25, -0.2) is 23.9 Å². The van der Waals surface area contributed by atoms with E-state index < -0.39 is 24.3 Å². The lowest BCUT2D eigenvalue weighted by Crippen LogP contribution is -2.55. The molecule has 0 spiro atoms. The molecule has 3 amide bonds. The molecule has 0 saturated carbocycles. The summed E-state index contributed by atoms with van der Waals surface area (Å²) in [6.45, 7) is 4.27. The number of aromatic nitrogens is 3. The number of rotatable bonds is 5. The van der Waals surface area contributed by atoms with Gasteiger partial charge in [-0.15, -0.1) is 11.3 Å². The molecule has 2 saturated heterocycles. The summed E-state index contributed by atoms with van der Waals surface area (Å²) in [7, 11) is 3.61. The van der Waals surface area contributed by atoms with Crippen molar-refractivity contribution in [2.24, 2.45) is 0 Å². The zero-order chi connectivity index (χ0) is 24.9. The van der Waals surface area contributed by atoms with Gasteiger partial charge in [0.05, 0.1) is 6.04 Å². The summed E-state index contributed by atoms with van der Waals surface area (Å²) in [5, 5.41) is 5.85. The van der Waals surface area contributed by atoms with Gasteiger partial charge in [0.2, 0.25) is 5.95 Å². The third kappa shape index (κ3) is 6.54. The lowest BCUT2D eigenvalue weighted by atomic mass is 10.0. The Morgan fingerprint density at radius 2 is 1.97 bits per heavy atom. The van der Waals surface area contributed by atoms with Crippen molar-refractivity contribution in [3.63, 3.8) is 0 Å². The van der Waals surface area contributed by atoms with Crippen LogP contribution in [0.5, 0.6) is 0 Å². The Morgan fingerprint density at radius 1 is 1.20 bits per heavy atom. The van der Waals surface area contributed by atoms with Crippen molar-refractivity contribution >= 4 is 40.4 Å². The van der Waals surface area contributed by atoms with E-state index in [1.54, 1.807) is 19.3 Å². The highest BCUT2D eigenvalue weighted by atomic mass is 32.1. The second kappa shape index (κ2) is 11.1. The highest BCUT2D eigenvalue weighted by molar-refractivity contribution is 7.15. The average molecular weight is 507 g/mol. The van der Waals surface area contributed by atoms with Gasteiger partial charge >= 0.3 is 12.1 Å². The minimum Gasteiger partial charge on any atom is -0.446 e. The number of hydrogen-bond acceptors (Lipinski definition) is 9. The Hall–Kier alpha value is -3.06. The van der Waals surface area contributed by atoms with Crippen molar-refractivity contribution < 1.29 is 18.7 Å². The summed E-state index contributed by atoms with van der Waals surface area (Å²) in [5.74, 6) is 0.653. The number of anilines is 3. The summed E-state index contributed by atoms with van der Waals surface area (Å²) in [4.78, 5) is 44.2. The highest BCUT2D eigenvalue weighted by Crippen LogP contribution is 2.24. The van der Waals surface area contributed by atoms with Crippen molar-refractivity contribution in [3.8, 4) is 0 Å². The summed E-state index contributed by atoms with van der Waals surface area (Å²) < 4.78 is 20.3. The fourth-order valence-electron chi connectivity index (χ4n) is 4.15. The van der Waals surface area contributed by atoms with E-state index in [1.807, 2.05) is 18.9 Å². The molecule has 2 aliphatic heterocycles. The molecule has 0 radical (unpaired) electrons. The van der Waals surface area contributed by atoms with Crippen molar-refractivity contribution in [3.05, 3.63) is 23.3 Å². The van der Waals surface area contributed by atoms with Gasteiger partial charge in [0.1, 0.15) is 18.1 Å². The molecule has 2 N–H and O–H groups in total. The van der Waals surface area contributed by atoms with E-state index in [2.05, 4.69) is 30.5 Å². The molecular weight excluding hydrogens is 475 g/mol. The molecule has 2 atom stereocenters. The first kappa shape index (κ1) is 25.0. The van der Waals surface area contributed by atoms with Crippen LogP contribution in [0.4, 0.5) is 30.9 Å². The number of thiazole rings is 1. The Morgan fingerprint density at radius 3 is 2.69 bits per heavy atom. The maximum atomic E-state index is 14.8. The van der Waals surface area contributed by atoms with Crippen LogP contribution >= 0.6 is 11.3 Å². The Kier molecular flexibility index (Phi) is 7.96. The molecular formula is C22H31FN8O3S. The standard InChI is InChI=1S/C22H31FN8O3S/c1-14-12-25-20(35-14)28-21(32)30(3)17-13-31(11-7-16(17)23)19-24-8-4-18(26-19)27-22(33)34-15-5-9-29(2)10-6-15/h4,8,12,15-17H,5-7,9-11,13H2,1-3H3,(H,25,28,32)(H,24,26,27,33)/t16-,17+/m1/s1. The lowest BCUT2D eigenvalue weighted by Gasteiger charge is -2.39. The van der Waals surface area contributed by atoms with E-state index in [1.165, 1.54) is 22.4 Å².